The monoisotopic (exact) mass is 194 g/mol. The highest BCUT2D eigenvalue weighted by Gasteiger charge is 2.21. The Morgan fingerprint density at radius 2 is 1.33 bits per heavy atom. The van der Waals surface area contributed by atoms with Crippen molar-refractivity contribution in [2.24, 2.45) is 0 Å². The van der Waals surface area contributed by atoms with Crippen molar-refractivity contribution < 1.29 is 0 Å². The normalized spacial score (nSPS) is 11.3. The quantitative estimate of drug-likeness (QED) is 0.685. The molecule has 0 nitrogen and oxygen atoms in total. The predicted octanol–water partition coefficient (Wildman–Crippen LogP) is 3.61. The minimum Gasteiger partial charge on any atom is -0.0613 e. The molecular weight excluding hydrogens is 180 g/mol. The van der Waals surface area contributed by atoms with Crippen molar-refractivity contribution in [3.63, 3.8) is 0 Å². The van der Waals surface area contributed by atoms with Crippen LogP contribution in [0.3, 0.4) is 0 Å². The van der Waals surface area contributed by atoms with Gasteiger partial charge in [0, 0.05) is 5.41 Å². The predicted molar refractivity (Wildman–Crippen MR) is 62.7 cm³/mol. The van der Waals surface area contributed by atoms with Gasteiger partial charge < -0.3 is 0 Å². The summed E-state index contributed by atoms with van der Waals surface area (Å²) in [6.07, 6.45) is 0. The maximum atomic E-state index is 3.13. The van der Waals surface area contributed by atoms with Crippen molar-refractivity contribution >= 4 is 0 Å². The van der Waals surface area contributed by atoms with E-state index < -0.39 is 0 Å². The molecule has 0 saturated heterocycles. The largest absolute Gasteiger partial charge is 0.0613 e. The molecule has 0 fully saturated rings. The molecule has 2 aromatic carbocycles. The Balaban J connectivity index is 2.44. The molecule has 74 valence electrons. The summed E-state index contributed by atoms with van der Waals surface area (Å²) >= 11 is 0. The topological polar surface area (TPSA) is 0 Å². The van der Waals surface area contributed by atoms with Crippen LogP contribution in [0.1, 0.15) is 25.0 Å². The van der Waals surface area contributed by atoms with E-state index in [1.165, 1.54) is 11.1 Å². The summed E-state index contributed by atoms with van der Waals surface area (Å²) in [6, 6.07) is 22.6. The summed E-state index contributed by atoms with van der Waals surface area (Å²) in [5.41, 5.74) is 2.59. The average Bonchev–Trinajstić information content (AvgIpc) is 2.31. The standard InChI is InChI=1S/C15H14/c1-15(2,13-9-5-3-6-10-13)14-11-7-4-8-12-14/h3-5,7,9-12H,1-2H3. The second-order valence-corrected chi connectivity index (χ2v) is 4.21. The Hall–Kier alpha value is -1.56. The van der Waals surface area contributed by atoms with E-state index in [0.717, 1.165) is 0 Å². The van der Waals surface area contributed by atoms with Crippen LogP contribution in [0, 0.1) is 12.1 Å². The Labute approximate surface area is 91.6 Å². The second-order valence-electron chi connectivity index (χ2n) is 4.21. The minimum absolute atomic E-state index is 0.0233. The number of hydrogen-bond donors (Lipinski definition) is 0. The molecule has 2 radical (unpaired) electrons. The third kappa shape index (κ3) is 1.94. The smallest absolute Gasteiger partial charge is 0.0147 e. The van der Waals surface area contributed by atoms with Crippen LogP contribution in [0.15, 0.2) is 48.5 Å². The first kappa shape index (κ1) is 9.97. The molecule has 2 rings (SSSR count). The number of benzene rings is 2. The van der Waals surface area contributed by atoms with E-state index in [0.29, 0.717) is 0 Å². The zero-order chi connectivity index (χ0) is 10.7. The van der Waals surface area contributed by atoms with Gasteiger partial charge in [0.25, 0.3) is 0 Å². The fourth-order valence-corrected chi connectivity index (χ4v) is 1.73. The molecule has 0 bridgehead atoms. The second kappa shape index (κ2) is 3.90. The van der Waals surface area contributed by atoms with Gasteiger partial charge in [0.2, 0.25) is 0 Å². The lowest BCUT2D eigenvalue weighted by atomic mass is 9.78. The molecule has 0 atom stereocenters. The Kier molecular flexibility index (Phi) is 2.59. The van der Waals surface area contributed by atoms with E-state index in [9.17, 15) is 0 Å². The van der Waals surface area contributed by atoms with Gasteiger partial charge in [-0.25, -0.2) is 0 Å². The summed E-state index contributed by atoms with van der Waals surface area (Å²) in [7, 11) is 0. The third-order valence-corrected chi connectivity index (χ3v) is 2.86. The van der Waals surface area contributed by atoms with Crippen LogP contribution >= 0.6 is 0 Å². The maximum absolute atomic E-state index is 3.13. The minimum atomic E-state index is 0.0233. The van der Waals surface area contributed by atoms with Crippen molar-refractivity contribution in [3.05, 3.63) is 71.8 Å². The van der Waals surface area contributed by atoms with E-state index in [-0.39, 0.29) is 5.41 Å². The summed E-state index contributed by atoms with van der Waals surface area (Å²) in [5.74, 6) is 0. The number of rotatable bonds is 2. The molecule has 0 aliphatic carbocycles. The molecule has 0 aliphatic heterocycles. The highest BCUT2D eigenvalue weighted by Crippen LogP contribution is 2.30. The van der Waals surface area contributed by atoms with Gasteiger partial charge in [0.05, 0.1) is 0 Å². The summed E-state index contributed by atoms with van der Waals surface area (Å²) < 4.78 is 0. The molecule has 0 heterocycles. The van der Waals surface area contributed by atoms with Crippen molar-refractivity contribution in [2.45, 2.75) is 19.3 Å². The highest BCUT2D eigenvalue weighted by atomic mass is 14.2. The molecule has 0 heteroatoms. The molecule has 0 unspecified atom stereocenters. The van der Waals surface area contributed by atoms with E-state index >= 15 is 0 Å². The lowest BCUT2D eigenvalue weighted by Gasteiger charge is -2.25. The number of hydrogen-bond acceptors (Lipinski definition) is 0. The molecule has 0 aromatic heterocycles. The maximum Gasteiger partial charge on any atom is 0.0147 e. The van der Waals surface area contributed by atoms with Crippen molar-refractivity contribution in [3.8, 4) is 0 Å². The summed E-state index contributed by atoms with van der Waals surface area (Å²) in [5, 5.41) is 0. The summed E-state index contributed by atoms with van der Waals surface area (Å²) in [6.45, 7) is 4.44. The van der Waals surface area contributed by atoms with Crippen molar-refractivity contribution in [1.29, 1.82) is 0 Å². The molecule has 0 amide bonds. The van der Waals surface area contributed by atoms with Gasteiger partial charge in [-0.2, -0.15) is 0 Å². The zero-order valence-corrected chi connectivity index (χ0v) is 9.12. The SMILES string of the molecule is CC(C)(c1c[c]ccc1)c1c[c]ccc1. The lowest BCUT2D eigenvalue weighted by molar-refractivity contribution is 0.640. The first-order valence-electron chi connectivity index (χ1n) is 5.14. The van der Waals surface area contributed by atoms with Crippen LogP contribution < -0.4 is 0 Å². The Morgan fingerprint density at radius 1 is 0.867 bits per heavy atom. The Morgan fingerprint density at radius 3 is 1.67 bits per heavy atom. The molecule has 0 spiro atoms. The van der Waals surface area contributed by atoms with Crippen LogP contribution in [0.25, 0.3) is 0 Å². The molecule has 15 heavy (non-hydrogen) atoms. The molecule has 0 aliphatic rings. The van der Waals surface area contributed by atoms with Crippen LogP contribution in [0.5, 0.6) is 0 Å². The average molecular weight is 194 g/mol. The van der Waals surface area contributed by atoms with Gasteiger partial charge >= 0.3 is 0 Å². The van der Waals surface area contributed by atoms with Crippen LogP contribution in [-0.2, 0) is 5.41 Å². The van der Waals surface area contributed by atoms with Crippen LogP contribution in [0.2, 0.25) is 0 Å². The fraction of sp³-hybridized carbons (Fsp3) is 0.200. The molecule has 0 N–H and O–H groups in total. The van der Waals surface area contributed by atoms with Gasteiger partial charge in [-0.15, -0.1) is 0 Å². The molecular formula is C15H14. The van der Waals surface area contributed by atoms with Gasteiger partial charge in [-0.3, -0.25) is 0 Å². The zero-order valence-electron chi connectivity index (χ0n) is 9.12. The van der Waals surface area contributed by atoms with E-state index in [1.54, 1.807) is 0 Å². The van der Waals surface area contributed by atoms with E-state index in [4.69, 9.17) is 0 Å². The first-order valence-corrected chi connectivity index (χ1v) is 5.14. The van der Waals surface area contributed by atoms with E-state index in [1.807, 2.05) is 36.4 Å². The fourth-order valence-electron chi connectivity index (χ4n) is 1.73. The van der Waals surface area contributed by atoms with Gasteiger partial charge in [-0.05, 0) is 23.3 Å². The van der Waals surface area contributed by atoms with Gasteiger partial charge in [0.15, 0.2) is 0 Å². The molecule has 0 saturated carbocycles. The van der Waals surface area contributed by atoms with Gasteiger partial charge in [-0.1, -0.05) is 62.4 Å². The van der Waals surface area contributed by atoms with Crippen LogP contribution in [0.4, 0.5) is 0 Å². The van der Waals surface area contributed by atoms with Gasteiger partial charge in [0.1, 0.15) is 0 Å². The van der Waals surface area contributed by atoms with Crippen molar-refractivity contribution in [1.82, 2.24) is 0 Å². The molecule has 2 aromatic rings. The van der Waals surface area contributed by atoms with Crippen LogP contribution in [-0.4, -0.2) is 0 Å². The van der Waals surface area contributed by atoms with Crippen molar-refractivity contribution in [2.75, 3.05) is 0 Å². The Bertz CT molecular complexity index is 371. The summed E-state index contributed by atoms with van der Waals surface area (Å²) in [4.78, 5) is 0. The highest BCUT2D eigenvalue weighted by molar-refractivity contribution is 5.36. The first-order chi connectivity index (χ1) is 7.21. The lowest BCUT2D eigenvalue weighted by Crippen LogP contribution is -2.18. The van der Waals surface area contributed by atoms with E-state index in [2.05, 4.69) is 38.1 Å². The third-order valence-electron chi connectivity index (χ3n) is 2.86.